The van der Waals surface area contributed by atoms with Crippen LogP contribution in [0.25, 0.3) is 0 Å². The van der Waals surface area contributed by atoms with Crippen molar-refractivity contribution in [2.45, 2.75) is 26.5 Å². The maximum Gasteiger partial charge on any atom is 0.0594 e. The predicted octanol–water partition coefficient (Wildman–Crippen LogP) is 2.26. The third kappa shape index (κ3) is 5.03. The summed E-state index contributed by atoms with van der Waals surface area (Å²) in [6.07, 6.45) is 0.337. The highest BCUT2D eigenvalue weighted by atomic mass is 32.1. The number of rotatable bonds is 6. The normalized spacial score (nSPS) is 11.0. The van der Waals surface area contributed by atoms with Crippen LogP contribution in [0.5, 0.6) is 0 Å². The molecule has 0 amide bonds. The van der Waals surface area contributed by atoms with Crippen LogP contribution in [0.4, 0.5) is 0 Å². The van der Waals surface area contributed by atoms with E-state index in [1.54, 1.807) is 11.3 Å². The molecule has 2 nitrogen and oxygen atoms in total. The molecule has 0 atom stereocenters. The summed E-state index contributed by atoms with van der Waals surface area (Å²) in [5, 5.41) is 5.43. The first-order valence-electron chi connectivity index (χ1n) is 4.63. The van der Waals surface area contributed by atoms with Gasteiger partial charge < -0.3 is 10.1 Å². The Bertz CT molecular complexity index is 209. The summed E-state index contributed by atoms with van der Waals surface area (Å²) in [5.74, 6) is 0. The molecule has 0 unspecified atom stereocenters. The van der Waals surface area contributed by atoms with Crippen LogP contribution >= 0.6 is 11.3 Å². The monoisotopic (exact) mass is 199 g/mol. The van der Waals surface area contributed by atoms with Crippen LogP contribution in [0.15, 0.2) is 17.5 Å². The molecule has 0 radical (unpaired) electrons. The average Bonchev–Trinajstić information content (AvgIpc) is 2.55. The fraction of sp³-hybridized carbons (Fsp3) is 0.600. The molecule has 13 heavy (non-hydrogen) atoms. The molecule has 1 aromatic rings. The number of thiophene rings is 1. The molecule has 0 saturated carbocycles. The zero-order valence-electron chi connectivity index (χ0n) is 8.25. The van der Waals surface area contributed by atoms with Gasteiger partial charge in [-0.05, 0) is 25.3 Å². The summed E-state index contributed by atoms with van der Waals surface area (Å²) in [5.41, 5.74) is 0. The van der Waals surface area contributed by atoms with Crippen LogP contribution < -0.4 is 5.32 Å². The third-order valence-electron chi connectivity index (χ3n) is 1.61. The molecule has 0 aliphatic heterocycles. The molecular weight excluding hydrogens is 182 g/mol. The van der Waals surface area contributed by atoms with Crippen molar-refractivity contribution in [1.29, 1.82) is 0 Å². The van der Waals surface area contributed by atoms with E-state index in [-0.39, 0.29) is 0 Å². The molecule has 1 rings (SSSR count). The smallest absolute Gasteiger partial charge is 0.0594 e. The van der Waals surface area contributed by atoms with Crippen molar-refractivity contribution in [3.8, 4) is 0 Å². The quantitative estimate of drug-likeness (QED) is 0.710. The Balaban J connectivity index is 1.96. The van der Waals surface area contributed by atoms with Crippen molar-refractivity contribution in [3.05, 3.63) is 22.4 Å². The molecule has 0 aliphatic carbocycles. The zero-order chi connectivity index (χ0) is 9.52. The third-order valence-corrected chi connectivity index (χ3v) is 2.49. The fourth-order valence-corrected chi connectivity index (χ4v) is 1.67. The molecule has 0 fully saturated rings. The van der Waals surface area contributed by atoms with E-state index < -0.39 is 0 Å². The molecule has 3 heteroatoms. The summed E-state index contributed by atoms with van der Waals surface area (Å²) >= 11 is 1.78. The largest absolute Gasteiger partial charge is 0.377 e. The van der Waals surface area contributed by atoms with Gasteiger partial charge in [0.15, 0.2) is 0 Å². The second kappa shape index (κ2) is 6.13. The molecule has 0 aromatic carbocycles. The minimum atomic E-state index is 0.337. The van der Waals surface area contributed by atoms with Crippen molar-refractivity contribution in [2.24, 2.45) is 0 Å². The molecule has 1 N–H and O–H groups in total. The first-order valence-corrected chi connectivity index (χ1v) is 5.51. The van der Waals surface area contributed by atoms with Crippen LogP contribution in [-0.4, -0.2) is 19.3 Å². The van der Waals surface area contributed by atoms with Crippen LogP contribution in [0.1, 0.15) is 18.7 Å². The highest BCUT2D eigenvalue weighted by molar-refractivity contribution is 7.09. The maximum atomic E-state index is 5.40. The summed E-state index contributed by atoms with van der Waals surface area (Å²) < 4.78 is 5.40. The van der Waals surface area contributed by atoms with Crippen molar-refractivity contribution in [2.75, 3.05) is 13.2 Å². The van der Waals surface area contributed by atoms with Gasteiger partial charge in [-0.3, -0.25) is 0 Å². The van der Waals surface area contributed by atoms with Crippen molar-refractivity contribution < 1.29 is 4.74 Å². The lowest BCUT2D eigenvalue weighted by atomic mass is 10.4. The van der Waals surface area contributed by atoms with Gasteiger partial charge in [0.1, 0.15) is 0 Å². The Labute approximate surface area is 83.9 Å². The van der Waals surface area contributed by atoms with Crippen molar-refractivity contribution in [3.63, 3.8) is 0 Å². The van der Waals surface area contributed by atoms with E-state index in [1.165, 1.54) is 4.88 Å². The van der Waals surface area contributed by atoms with Gasteiger partial charge in [0.05, 0.1) is 12.7 Å². The molecule has 74 valence electrons. The number of nitrogens with one attached hydrogen (secondary N) is 1. The molecule has 0 spiro atoms. The first-order chi connectivity index (χ1) is 6.29. The van der Waals surface area contributed by atoms with E-state index in [4.69, 9.17) is 4.74 Å². The predicted molar refractivity (Wildman–Crippen MR) is 57.1 cm³/mol. The summed E-state index contributed by atoms with van der Waals surface area (Å²) in [6.45, 7) is 6.79. The van der Waals surface area contributed by atoms with E-state index in [0.29, 0.717) is 6.10 Å². The second-order valence-electron chi connectivity index (χ2n) is 3.18. The number of ether oxygens (including phenoxy) is 1. The van der Waals surface area contributed by atoms with Gasteiger partial charge in [-0.2, -0.15) is 0 Å². The Kier molecular flexibility index (Phi) is 5.05. The lowest BCUT2D eigenvalue weighted by Crippen LogP contribution is -2.20. The van der Waals surface area contributed by atoms with E-state index in [0.717, 1.165) is 19.7 Å². The van der Waals surface area contributed by atoms with Gasteiger partial charge in [0, 0.05) is 18.0 Å². The SMILES string of the molecule is CC(C)OCCNCc1cccs1. The van der Waals surface area contributed by atoms with Gasteiger partial charge in [-0.1, -0.05) is 6.07 Å². The lowest BCUT2D eigenvalue weighted by molar-refractivity contribution is 0.0807. The lowest BCUT2D eigenvalue weighted by Gasteiger charge is -2.07. The Morgan fingerprint density at radius 3 is 3.00 bits per heavy atom. The van der Waals surface area contributed by atoms with Crippen molar-refractivity contribution >= 4 is 11.3 Å². The minimum Gasteiger partial charge on any atom is -0.377 e. The molecule has 1 aromatic heterocycles. The highest BCUT2D eigenvalue weighted by Crippen LogP contribution is 2.06. The Morgan fingerprint density at radius 2 is 2.38 bits per heavy atom. The molecule has 1 heterocycles. The standard InChI is InChI=1S/C10H17NOS/c1-9(2)12-6-5-11-8-10-4-3-7-13-10/h3-4,7,9,11H,5-6,8H2,1-2H3. The topological polar surface area (TPSA) is 21.3 Å². The van der Waals surface area contributed by atoms with Gasteiger partial charge in [-0.15, -0.1) is 11.3 Å². The van der Waals surface area contributed by atoms with Crippen molar-refractivity contribution in [1.82, 2.24) is 5.32 Å². The maximum absolute atomic E-state index is 5.40. The van der Waals surface area contributed by atoms with Gasteiger partial charge >= 0.3 is 0 Å². The summed E-state index contributed by atoms with van der Waals surface area (Å²) in [6, 6.07) is 4.22. The summed E-state index contributed by atoms with van der Waals surface area (Å²) in [7, 11) is 0. The Hall–Kier alpha value is -0.380. The average molecular weight is 199 g/mol. The van der Waals surface area contributed by atoms with E-state index in [9.17, 15) is 0 Å². The fourth-order valence-electron chi connectivity index (χ4n) is 0.992. The second-order valence-corrected chi connectivity index (χ2v) is 4.21. The van der Waals surface area contributed by atoms with Gasteiger partial charge in [0.2, 0.25) is 0 Å². The van der Waals surface area contributed by atoms with E-state index in [1.807, 2.05) is 0 Å². The number of hydrogen-bond acceptors (Lipinski definition) is 3. The minimum absolute atomic E-state index is 0.337. The molecular formula is C10H17NOS. The van der Waals surface area contributed by atoms with E-state index >= 15 is 0 Å². The van der Waals surface area contributed by atoms with E-state index in [2.05, 4.69) is 36.7 Å². The van der Waals surface area contributed by atoms with Gasteiger partial charge in [-0.25, -0.2) is 0 Å². The highest BCUT2D eigenvalue weighted by Gasteiger charge is 1.94. The van der Waals surface area contributed by atoms with Crippen LogP contribution in [0.2, 0.25) is 0 Å². The van der Waals surface area contributed by atoms with Crippen LogP contribution in [-0.2, 0) is 11.3 Å². The van der Waals surface area contributed by atoms with Gasteiger partial charge in [0.25, 0.3) is 0 Å². The summed E-state index contributed by atoms with van der Waals surface area (Å²) in [4.78, 5) is 1.38. The number of hydrogen-bond donors (Lipinski definition) is 1. The van der Waals surface area contributed by atoms with Crippen LogP contribution in [0.3, 0.4) is 0 Å². The van der Waals surface area contributed by atoms with Crippen LogP contribution in [0, 0.1) is 0 Å². The molecule has 0 aliphatic rings. The molecule has 0 saturated heterocycles. The zero-order valence-corrected chi connectivity index (χ0v) is 9.06. The first kappa shape index (κ1) is 10.7. The Morgan fingerprint density at radius 1 is 1.54 bits per heavy atom. The molecule has 0 bridgehead atoms.